The molecule has 3 rings (SSSR count). The molecule has 0 atom stereocenters. The molecule has 6 heteroatoms. The van der Waals surface area contributed by atoms with Crippen LogP contribution in [0.3, 0.4) is 0 Å². The minimum absolute atomic E-state index is 0.144. The Balaban J connectivity index is 1.55. The van der Waals surface area contributed by atoms with Crippen molar-refractivity contribution >= 4 is 22.6 Å². The van der Waals surface area contributed by atoms with Gasteiger partial charge in [-0.1, -0.05) is 24.3 Å². The highest BCUT2D eigenvalue weighted by atomic mass is 16.6. The fourth-order valence-electron chi connectivity index (χ4n) is 2.58. The predicted molar refractivity (Wildman–Crippen MR) is 101 cm³/mol. The number of nitrogens with two attached hydrogens (primary N) is 1. The topological polar surface area (TPSA) is 87.8 Å². The molecule has 3 aromatic carbocycles. The summed E-state index contributed by atoms with van der Waals surface area (Å²) in [5, 5.41) is 2.07. The summed E-state index contributed by atoms with van der Waals surface area (Å²) >= 11 is 0. The van der Waals surface area contributed by atoms with E-state index in [9.17, 15) is 9.59 Å². The van der Waals surface area contributed by atoms with Gasteiger partial charge in [-0.25, -0.2) is 4.79 Å². The molecule has 0 aliphatic carbocycles. The molecule has 0 aliphatic heterocycles. The molecule has 27 heavy (non-hydrogen) atoms. The third kappa shape index (κ3) is 4.76. The highest BCUT2D eigenvalue weighted by molar-refractivity contribution is 5.93. The summed E-state index contributed by atoms with van der Waals surface area (Å²) in [6, 6.07) is 17.9. The number of fused-ring (bicyclic) bond motifs is 1. The minimum Gasteiger partial charge on any atom is -0.497 e. The molecule has 0 saturated carbocycles. The second kappa shape index (κ2) is 8.23. The summed E-state index contributed by atoms with van der Waals surface area (Å²) < 4.78 is 15.8. The molecular weight excluding hydrogens is 346 g/mol. The predicted octanol–water partition coefficient (Wildman–Crippen LogP) is 3.07. The molecule has 0 bridgehead atoms. The molecule has 0 heterocycles. The van der Waals surface area contributed by atoms with E-state index in [4.69, 9.17) is 19.9 Å². The zero-order valence-electron chi connectivity index (χ0n) is 14.8. The minimum atomic E-state index is -0.558. The summed E-state index contributed by atoms with van der Waals surface area (Å²) in [5.41, 5.74) is 6.40. The van der Waals surface area contributed by atoms with Crippen LogP contribution in [0.15, 0.2) is 60.7 Å². The van der Waals surface area contributed by atoms with E-state index >= 15 is 0 Å². The van der Waals surface area contributed by atoms with E-state index in [-0.39, 0.29) is 13.2 Å². The van der Waals surface area contributed by atoms with Crippen molar-refractivity contribution in [2.24, 2.45) is 5.73 Å². The van der Waals surface area contributed by atoms with Gasteiger partial charge in [0, 0.05) is 5.56 Å². The zero-order valence-corrected chi connectivity index (χ0v) is 14.8. The van der Waals surface area contributed by atoms with Crippen molar-refractivity contribution in [2.75, 3.05) is 13.7 Å². The lowest BCUT2D eigenvalue weighted by Gasteiger charge is -2.09. The standard InChI is InChI=1S/C21H19NO5/c1-25-18-8-7-15-9-14(5-6-16(15)10-18)12-27-20(23)13-26-19-4-2-3-17(11-19)21(22)24/h2-11H,12-13H2,1H3,(H2,22,24). The first-order valence-electron chi connectivity index (χ1n) is 8.30. The van der Waals surface area contributed by atoms with E-state index in [0.717, 1.165) is 22.1 Å². The van der Waals surface area contributed by atoms with Gasteiger partial charge in [-0.2, -0.15) is 0 Å². The SMILES string of the molecule is COc1ccc2cc(COC(=O)COc3cccc(C(N)=O)c3)ccc2c1. The number of esters is 1. The Labute approximate surface area is 156 Å². The highest BCUT2D eigenvalue weighted by Crippen LogP contribution is 2.22. The average Bonchev–Trinajstić information content (AvgIpc) is 2.70. The first kappa shape index (κ1) is 18.3. The van der Waals surface area contributed by atoms with E-state index in [2.05, 4.69) is 0 Å². The Kier molecular flexibility index (Phi) is 5.56. The van der Waals surface area contributed by atoms with Gasteiger partial charge in [0.2, 0.25) is 5.91 Å². The molecule has 1 amide bonds. The second-order valence-corrected chi connectivity index (χ2v) is 5.89. The van der Waals surface area contributed by atoms with Crippen LogP contribution in [-0.2, 0) is 16.1 Å². The van der Waals surface area contributed by atoms with Crippen LogP contribution in [0.2, 0.25) is 0 Å². The van der Waals surface area contributed by atoms with Crippen molar-refractivity contribution in [1.82, 2.24) is 0 Å². The van der Waals surface area contributed by atoms with Gasteiger partial charge in [-0.15, -0.1) is 0 Å². The Hall–Kier alpha value is -3.54. The lowest BCUT2D eigenvalue weighted by Crippen LogP contribution is -2.15. The van der Waals surface area contributed by atoms with Crippen molar-refractivity contribution in [3.8, 4) is 11.5 Å². The van der Waals surface area contributed by atoms with E-state index in [1.54, 1.807) is 25.3 Å². The van der Waals surface area contributed by atoms with Gasteiger partial charge < -0.3 is 19.9 Å². The van der Waals surface area contributed by atoms with Crippen molar-refractivity contribution in [3.63, 3.8) is 0 Å². The molecule has 3 aromatic rings. The summed E-state index contributed by atoms with van der Waals surface area (Å²) in [5.74, 6) is 0.105. The van der Waals surface area contributed by atoms with Gasteiger partial charge >= 0.3 is 5.97 Å². The first-order valence-corrected chi connectivity index (χ1v) is 8.30. The van der Waals surface area contributed by atoms with Gasteiger partial charge in [0.1, 0.15) is 18.1 Å². The number of methoxy groups -OCH3 is 1. The monoisotopic (exact) mass is 365 g/mol. The third-order valence-electron chi connectivity index (χ3n) is 3.99. The highest BCUT2D eigenvalue weighted by Gasteiger charge is 2.07. The maximum atomic E-state index is 11.9. The van der Waals surface area contributed by atoms with Gasteiger partial charge in [-0.3, -0.25) is 4.79 Å². The van der Waals surface area contributed by atoms with E-state index in [0.29, 0.717) is 11.3 Å². The maximum Gasteiger partial charge on any atom is 0.344 e. The number of carbonyl (C=O) groups is 2. The summed E-state index contributed by atoms with van der Waals surface area (Å²) in [6.45, 7) is -0.113. The van der Waals surface area contributed by atoms with Gasteiger partial charge in [0.15, 0.2) is 6.61 Å². The maximum absolute atomic E-state index is 11.9. The molecule has 0 fully saturated rings. The number of carbonyl (C=O) groups excluding carboxylic acids is 2. The molecule has 0 aliphatic rings. The molecule has 6 nitrogen and oxygen atoms in total. The molecule has 0 aromatic heterocycles. The van der Waals surface area contributed by atoms with E-state index in [1.807, 2.05) is 36.4 Å². The summed E-state index contributed by atoms with van der Waals surface area (Å²) in [6.07, 6.45) is 0. The van der Waals surface area contributed by atoms with Crippen molar-refractivity contribution in [3.05, 3.63) is 71.8 Å². The van der Waals surface area contributed by atoms with Crippen LogP contribution in [-0.4, -0.2) is 25.6 Å². The van der Waals surface area contributed by atoms with Crippen LogP contribution in [0, 0.1) is 0 Å². The molecular formula is C21H19NO5. The van der Waals surface area contributed by atoms with Crippen LogP contribution in [0.5, 0.6) is 11.5 Å². The summed E-state index contributed by atoms with van der Waals surface area (Å²) in [7, 11) is 1.63. The molecule has 0 spiro atoms. The normalized spacial score (nSPS) is 10.4. The smallest absolute Gasteiger partial charge is 0.344 e. The first-order chi connectivity index (χ1) is 13.0. The van der Waals surface area contributed by atoms with Gasteiger partial charge in [-0.05, 0) is 52.7 Å². The second-order valence-electron chi connectivity index (χ2n) is 5.89. The summed E-state index contributed by atoms with van der Waals surface area (Å²) in [4.78, 5) is 23.0. The van der Waals surface area contributed by atoms with E-state index < -0.39 is 11.9 Å². The molecule has 0 radical (unpaired) electrons. The van der Waals surface area contributed by atoms with E-state index in [1.165, 1.54) is 6.07 Å². The molecule has 0 saturated heterocycles. The lowest BCUT2D eigenvalue weighted by molar-refractivity contribution is -0.147. The van der Waals surface area contributed by atoms with Crippen LogP contribution in [0.4, 0.5) is 0 Å². The fourth-order valence-corrected chi connectivity index (χ4v) is 2.58. The van der Waals surface area contributed by atoms with Crippen LogP contribution < -0.4 is 15.2 Å². The number of ether oxygens (including phenoxy) is 3. The van der Waals surface area contributed by atoms with Gasteiger partial charge in [0.25, 0.3) is 0 Å². The Bertz CT molecular complexity index is 983. The molecule has 0 unspecified atom stereocenters. The van der Waals surface area contributed by atoms with Gasteiger partial charge in [0.05, 0.1) is 7.11 Å². The quantitative estimate of drug-likeness (QED) is 0.650. The Morgan fingerprint density at radius 2 is 1.70 bits per heavy atom. The van der Waals surface area contributed by atoms with Crippen molar-refractivity contribution < 1.29 is 23.8 Å². The number of hydrogen-bond acceptors (Lipinski definition) is 5. The number of primary amides is 1. The average molecular weight is 365 g/mol. The Morgan fingerprint density at radius 3 is 2.48 bits per heavy atom. The third-order valence-corrected chi connectivity index (χ3v) is 3.99. The molecule has 2 N–H and O–H groups in total. The Morgan fingerprint density at radius 1 is 0.926 bits per heavy atom. The number of amides is 1. The largest absolute Gasteiger partial charge is 0.497 e. The lowest BCUT2D eigenvalue weighted by atomic mass is 10.1. The van der Waals surface area contributed by atoms with Crippen molar-refractivity contribution in [1.29, 1.82) is 0 Å². The number of hydrogen-bond donors (Lipinski definition) is 1. The van der Waals surface area contributed by atoms with Crippen molar-refractivity contribution in [2.45, 2.75) is 6.61 Å². The van der Waals surface area contributed by atoms with Crippen LogP contribution in [0.1, 0.15) is 15.9 Å². The zero-order chi connectivity index (χ0) is 19.2. The number of benzene rings is 3. The fraction of sp³-hybridized carbons (Fsp3) is 0.143. The number of rotatable bonds is 7. The molecule has 138 valence electrons. The van der Waals surface area contributed by atoms with Crippen LogP contribution in [0.25, 0.3) is 10.8 Å². The van der Waals surface area contributed by atoms with Crippen LogP contribution >= 0.6 is 0 Å².